The number of carbonyl (C=O) groups excluding carboxylic acids is 1. The van der Waals surface area contributed by atoms with E-state index in [4.69, 9.17) is 10.8 Å². The van der Waals surface area contributed by atoms with E-state index in [1.54, 1.807) is 11.9 Å². The third kappa shape index (κ3) is 3.02. The number of nitrogens with two attached hydrogens (primary N) is 1. The Balaban J connectivity index is 2.64. The van der Waals surface area contributed by atoms with Gasteiger partial charge in [-0.25, -0.2) is 0 Å². The molecule has 1 aliphatic rings. The summed E-state index contributed by atoms with van der Waals surface area (Å²) < 4.78 is 0. The fourth-order valence-corrected chi connectivity index (χ4v) is 2.20. The molecule has 3 N–H and O–H groups in total. The summed E-state index contributed by atoms with van der Waals surface area (Å²) in [6.07, 6.45) is 1.86. The lowest BCUT2D eigenvalue weighted by Crippen LogP contribution is -2.53. The lowest BCUT2D eigenvalue weighted by Gasteiger charge is -2.38. The van der Waals surface area contributed by atoms with E-state index >= 15 is 0 Å². The molecule has 0 aromatic heterocycles. The summed E-state index contributed by atoms with van der Waals surface area (Å²) in [5, 5.41) is 9.04. The summed E-state index contributed by atoms with van der Waals surface area (Å²) in [7, 11) is 1.80. The Morgan fingerprint density at radius 2 is 1.72 bits per heavy atom. The summed E-state index contributed by atoms with van der Waals surface area (Å²) in [5.74, 6) is -0.960. The van der Waals surface area contributed by atoms with Crippen LogP contribution in [0.3, 0.4) is 0 Å². The van der Waals surface area contributed by atoms with Crippen molar-refractivity contribution in [3.05, 3.63) is 0 Å². The predicted octanol–water partition coefficient (Wildman–Crippen LogP) is 1.22. The van der Waals surface area contributed by atoms with Crippen molar-refractivity contribution >= 4 is 11.9 Å². The highest BCUT2D eigenvalue weighted by molar-refractivity contribution is 5.81. The smallest absolute Gasteiger partial charge is 0.323 e. The van der Waals surface area contributed by atoms with Crippen molar-refractivity contribution in [3.8, 4) is 0 Å². The first-order chi connectivity index (χ1) is 8.08. The molecule has 1 aliphatic carbocycles. The van der Waals surface area contributed by atoms with Crippen LogP contribution in [0.15, 0.2) is 0 Å². The van der Waals surface area contributed by atoms with Crippen molar-refractivity contribution in [2.24, 2.45) is 11.7 Å². The molecule has 104 valence electrons. The second-order valence-electron chi connectivity index (χ2n) is 6.30. The fourth-order valence-electron chi connectivity index (χ4n) is 2.20. The van der Waals surface area contributed by atoms with Gasteiger partial charge in [0.05, 0.1) is 0 Å². The molecule has 0 saturated heterocycles. The predicted molar refractivity (Wildman–Crippen MR) is 69.0 cm³/mol. The summed E-state index contributed by atoms with van der Waals surface area (Å²) in [5.41, 5.74) is 4.45. The second kappa shape index (κ2) is 4.88. The minimum absolute atomic E-state index is 0.0924. The molecule has 0 bridgehead atoms. The van der Waals surface area contributed by atoms with Crippen LogP contribution >= 0.6 is 0 Å². The van der Waals surface area contributed by atoms with Gasteiger partial charge in [-0.05, 0) is 46.5 Å². The molecule has 0 aliphatic heterocycles. The number of amides is 1. The molecule has 5 nitrogen and oxygen atoms in total. The van der Waals surface area contributed by atoms with Crippen molar-refractivity contribution in [2.75, 3.05) is 7.05 Å². The van der Waals surface area contributed by atoms with Crippen molar-refractivity contribution in [3.63, 3.8) is 0 Å². The van der Waals surface area contributed by atoms with Crippen LogP contribution in [0.4, 0.5) is 0 Å². The number of carbonyl (C=O) groups is 2. The van der Waals surface area contributed by atoms with Crippen LogP contribution < -0.4 is 5.73 Å². The van der Waals surface area contributed by atoms with Crippen LogP contribution in [-0.4, -0.2) is 40.0 Å². The average molecular weight is 256 g/mol. The van der Waals surface area contributed by atoms with Gasteiger partial charge in [0, 0.05) is 18.5 Å². The summed E-state index contributed by atoms with van der Waals surface area (Å²) in [4.78, 5) is 25.0. The molecule has 1 amide bonds. The SMILES string of the molecule is CN(C(=O)C1CCC(N)(C(=O)O)CC1)C(C)(C)C. The normalized spacial score (nSPS) is 28.8. The Kier molecular flexibility index (Phi) is 4.05. The van der Waals surface area contributed by atoms with Gasteiger partial charge in [-0.3, -0.25) is 9.59 Å². The maximum Gasteiger partial charge on any atom is 0.323 e. The van der Waals surface area contributed by atoms with E-state index in [0.717, 1.165) is 0 Å². The first-order valence-electron chi connectivity index (χ1n) is 6.38. The van der Waals surface area contributed by atoms with Gasteiger partial charge in [-0.1, -0.05) is 0 Å². The highest BCUT2D eigenvalue weighted by Gasteiger charge is 2.41. The zero-order valence-electron chi connectivity index (χ0n) is 11.7. The van der Waals surface area contributed by atoms with Gasteiger partial charge < -0.3 is 15.7 Å². The van der Waals surface area contributed by atoms with Gasteiger partial charge >= 0.3 is 5.97 Å². The van der Waals surface area contributed by atoms with E-state index in [-0.39, 0.29) is 17.4 Å². The molecule has 5 heteroatoms. The summed E-state index contributed by atoms with van der Waals surface area (Å²) in [6.45, 7) is 5.95. The highest BCUT2D eigenvalue weighted by atomic mass is 16.4. The standard InChI is InChI=1S/C13H24N2O3/c1-12(2,3)15(4)10(16)9-5-7-13(14,8-6-9)11(17)18/h9H,5-8,14H2,1-4H3,(H,17,18). The Morgan fingerprint density at radius 3 is 2.06 bits per heavy atom. The zero-order valence-corrected chi connectivity index (χ0v) is 11.7. The van der Waals surface area contributed by atoms with Crippen LogP contribution in [0.5, 0.6) is 0 Å². The third-order valence-electron chi connectivity index (χ3n) is 3.99. The number of carboxylic acids is 1. The van der Waals surface area contributed by atoms with Crippen molar-refractivity contribution in [1.82, 2.24) is 4.90 Å². The second-order valence-corrected chi connectivity index (χ2v) is 6.30. The number of nitrogens with zero attached hydrogens (tertiary/aromatic N) is 1. The van der Waals surface area contributed by atoms with Gasteiger partial charge in [-0.15, -0.1) is 0 Å². The van der Waals surface area contributed by atoms with Crippen LogP contribution in [0.25, 0.3) is 0 Å². The van der Waals surface area contributed by atoms with E-state index in [2.05, 4.69) is 0 Å². The summed E-state index contributed by atoms with van der Waals surface area (Å²) in [6, 6.07) is 0. The molecule has 1 rings (SSSR count). The largest absolute Gasteiger partial charge is 0.480 e. The van der Waals surface area contributed by atoms with Crippen LogP contribution in [0.1, 0.15) is 46.5 Å². The van der Waals surface area contributed by atoms with E-state index in [0.29, 0.717) is 25.7 Å². The molecule has 1 saturated carbocycles. The Morgan fingerprint density at radius 1 is 1.28 bits per heavy atom. The number of aliphatic carboxylic acids is 1. The van der Waals surface area contributed by atoms with E-state index < -0.39 is 11.5 Å². The van der Waals surface area contributed by atoms with Gasteiger partial charge in [0.2, 0.25) is 5.91 Å². The van der Waals surface area contributed by atoms with Crippen molar-refractivity contribution < 1.29 is 14.7 Å². The monoisotopic (exact) mass is 256 g/mol. The first-order valence-corrected chi connectivity index (χ1v) is 6.38. The van der Waals surface area contributed by atoms with Gasteiger partial charge in [-0.2, -0.15) is 0 Å². The number of carboxylic acid groups (broad SMARTS) is 1. The lowest BCUT2D eigenvalue weighted by molar-refractivity contribution is -0.148. The molecule has 0 spiro atoms. The zero-order chi connectivity index (χ0) is 14.1. The fraction of sp³-hybridized carbons (Fsp3) is 0.846. The molecule has 0 aromatic rings. The minimum Gasteiger partial charge on any atom is -0.480 e. The average Bonchev–Trinajstić information content (AvgIpc) is 2.26. The van der Waals surface area contributed by atoms with Crippen LogP contribution in [0, 0.1) is 5.92 Å². The number of rotatable bonds is 2. The molecule has 0 aromatic carbocycles. The molecule has 0 unspecified atom stereocenters. The molecular formula is C13H24N2O3. The first kappa shape index (κ1) is 15.0. The van der Waals surface area contributed by atoms with E-state index in [9.17, 15) is 9.59 Å². The molecule has 0 radical (unpaired) electrons. The van der Waals surface area contributed by atoms with Gasteiger partial charge in [0.1, 0.15) is 5.54 Å². The van der Waals surface area contributed by atoms with Crippen molar-refractivity contribution in [2.45, 2.75) is 57.5 Å². The Labute approximate surface area is 108 Å². The van der Waals surface area contributed by atoms with Crippen molar-refractivity contribution in [1.29, 1.82) is 0 Å². The van der Waals surface area contributed by atoms with Gasteiger partial charge in [0.15, 0.2) is 0 Å². The molecule has 18 heavy (non-hydrogen) atoms. The maximum atomic E-state index is 12.3. The quantitative estimate of drug-likeness (QED) is 0.778. The number of hydrogen-bond donors (Lipinski definition) is 2. The molecule has 0 atom stereocenters. The maximum absolute atomic E-state index is 12.3. The van der Waals surface area contributed by atoms with Crippen LogP contribution in [0.2, 0.25) is 0 Å². The lowest BCUT2D eigenvalue weighted by atomic mass is 9.76. The van der Waals surface area contributed by atoms with E-state index in [1.165, 1.54) is 0 Å². The third-order valence-corrected chi connectivity index (χ3v) is 3.99. The van der Waals surface area contributed by atoms with Gasteiger partial charge in [0.25, 0.3) is 0 Å². The number of hydrogen-bond acceptors (Lipinski definition) is 3. The molecule has 1 fully saturated rings. The topological polar surface area (TPSA) is 83.6 Å². The van der Waals surface area contributed by atoms with Crippen LogP contribution in [-0.2, 0) is 9.59 Å². The Hall–Kier alpha value is -1.10. The summed E-state index contributed by atoms with van der Waals surface area (Å²) >= 11 is 0. The van der Waals surface area contributed by atoms with E-state index in [1.807, 2.05) is 20.8 Å². The Bertz CT molecular complexity index is 339. The highest BCUT2D eigenvalue weighted by Crippen LogP contribution is 2.32. The minimum atomic E-state index is -1.14. The molecule has 0 heterocycles. The molecular weight excluding hydrogens is 232 g/mol.